The van der Waals surface area contributed by atoms with E-state index in [4.69, 9.17) is 9.47 Å². The van der Waals surface area contributed by atoms with Crippen LogP contribution in [0.15, 0.2) is 29.4 Å². The quantitative estimate of drug-likeness (QED) is 0.740. The monoisotopic (exact) mass is 277 g/mol. The number of hydrazone groups is 1. The topological polar surface area (TPSA) is 89.0 Å². The van der Waals surface area contributed by atoms with Crippen molar-refractivity contribution in [3.63, 3.8) is 0 Å². The molecule has 1 aromatic rings. The minimum atomic E-state index is -0.405. The third kappa shape index (κ3) is 3.71. The van der Waals surface area contributed by atoms with Crippen molar-refractivity contribution in [2.24, 2.45) is 5.10 Å². The van der Waals surface area contributed by atoms with E-state index in [1.54, 1.807) is 31.2 Å². The van der Waals surface area contributed by atoms with Crippen LogP contribution < -0.4 is 15.5 Å². The van der Waals surface area contributed by atoms with E-state index in [2.05, 4.69) is 15.8 Å². The first-order valence-electron chi connectivity index (χ1n) is 6.18. The molecule has 1 aliphatic rings. The number of hydrogen-bond donors (Lipinski definition) is 2. The number of esters is 1. The Morgan fingerprint density at radius 2 is 2.10 bits per heavy atom. The van der Waals surface area contributed by atoms with Gasteiger partial charge < -0.3 is 14.8 Å². The number of nitrogens with one attached hydrogen (secondary N) is 2. The molecule has 0 saturated carbocycles. The Bertz CT molecular complexity index is 525. The highest BCUT2D eigenvalue weighted by molar-refractivity contribution is 6.02. The fraction of sp³-hybridized carbons (Fsp3) is 0.308. The summed E-state index contributed by atoms with van der Waals surface area (Å²) in [5, 5.41) is 6.79. The van der Waals surface area contributed by atoms with Crippen LogP contribution in [-0.2, 0) is 14.3 Å². The highest BCUT2D eigenvalue weighted by Gasteiger charge is 2.12. The molecule has 7 heteroatoms. The molecule has 1 aliphatic heterocycles. The summed E-state index contributed by atoms with van der Waals surface area (Å²) in [4.78, 5) is 22.1. The summed E-state index contributed by atoms with van der Waals surface area (Å²) in [5.74, 6) is 0.560. The lowest BCUT2D eigenvalue weighted by Crippen LogP contribution is -2.42. The second-order valence-corrected chi connectivity index (χ2v) is 3.97. The number of amides is 1. The molecule has 0 aromatic heterocycles. The normalized spacial score (nSPS) is 13.8. The molecule has 0 atom stereocenters. The number of rotatable bonds is 5. The van der Waals surface area contributed by atoms with Gasteiger partial charge in [0.1, 0.15) is 5.75 Å². The number of ether oxygens (including phenoxy) is 2. The van der Waals surface area contributed by atoms with Gasteiger partial charge in [-0.25, -0.2) is 10.2 Å². The van der Waals surface area contributed by atoms with Crippen LogP contribution in [0.2, 0.25) is 0 Å². The molecule has 0 fully saturated rings. The van der Waals surface area contributed by atoms with E-state index in [9.17, 15) is 9.59 Å². The summed E-state index contributed by atoms with van der Waals surface area (Å²) in [5.41, 5.74) is 3.21. The highest BCUT2D eigenvalue weighted by Crippen LogP contribution is 2.12. The second-order valence-electron chi connectivity index (χ2n) is 3.97. The molecule has 1 aromatic carbocycles. The number of amidine groups is 1. The van der Waals surface area contributed by atoms with Crippen molar-refractivity contribution < 1.29 is 19.1 Å². The van der Waals surface area contributed by atoms with Gasteiger partial charge in [0.15, 0.2) is 12.4 Å². The standard InChI is InChI=1S/C13H15N3O4/c1-2-19-12(18)8-20-10-5-3-9(4-6-10)13-14-7-11(17)15-16-13/h3-6H,2,7-8H2,1H3,(H,14,16)(H,15,17). The summed E-state index contributed by atoms with van der Waals surface area (Å²) in [6, 6.07) is 7.00. The largest absolute Gasteiger partial charge is 0.482 e. The Labute approximate surface area is 115 Å². The molecule has 0 aliphatic carbocycles. The zero-order valence-electron chi connectivity index (χ0n) is 11.0. The van der Waals surface area contributed by atoms with Gasteiger partial charge >= 0.3 is 5.97 Å². The summed E-state index contributed by atoms with van der Waals surface area (Å²) in [6.07, 6.45) is 0. The molecule has 2 N–H and O–H groups in total. The number of benzene rings is 1. The van der Waals surface area contributed by atoms with Crippen molar-refractivity contribution in [1.82, 2.24) is 10.7 Å². The Morgan fingerprint density at radius 1 is 1.35 bits per heavy atom. The average molecular weight is 277 g/mol. The van der Waals surface area contributed by atoms with Gasteiger partial charge in [0.2, 0.25) is 0 Å². The maximum absolute atomic E-state index is 11.1. The smallest absolute Gasteiger partial charge is 0.344 e. The molecule has 2 rings (SSSR count). The Morgan fingerprint density at radius 3 is 2.70 bits per heavy atom. The zero-order valence-corrected chi connectivity index (χ0v) is 11.0. The first kappa shape index (κ1) is 13.9. The van der Waals surface area contributed by atoms with E-state index in [0.717, 1.165) is 5.56 Å². The van der Waals surface area contributed by atoms with Crippen LogP contribution in [0.4, 0.5) is 0 Å². The highest BCUT2D eigenvalue weighted by atomic mass is 16.6. The van der Waals surface area contributed by atoms with Gasteiger partial charge in [0, 0.05) is 5.56 Å². The fourth-order valence-corrected chi connectivity index (χ4v) is 1.58. The average Bonchev–Trinajstić information content (AvgIpc) is 2.47. The lowest BCUT2D eigenvalue weighted by atomic mass is 10.2. The van der Waals surface area contributed by atoms with Gasteiger partial charge in [0.05, 0.1) is 13.2 Å². The van der Waals surface area contributed by atoms with E-state index in [0.29, 0.717) is 18.2 Å². The third-order valence-corrected chi connectivity index (χ3v) is 2.50. The second kappa shape index (κ2) is 6.55. The third-order valence-electron chi connectivity index (χ3n) is 2.50. The molecule has 0 unspecified atom stereocenters. The van der Waals surface area contributed by atoms with Crippen LogP contribution in [0.1, 0.15) is 12.5 Å². The zero-order chi connectivity index (χ0) is 14.4. The maximum atomic E-state index is 11.1. The van der Waals surface area contributed by atoms with Crippen molar-refractivity contribution in [2.45, 2.75) is 6.92 Å². The first-order valence-corrected chi connectivity index (χ1v) is 6.18. The van der Waals surface area contributed by atoms with Crippen LogP contribution in [0.5, 0.6) is 5.75 Å². The van der Waals surface area contributed by atoms with Crippen molar-refractivity contribution in [2.75, 3.05) is 19.8 Å². The molecule has 0 bridgehead atoms. The minimum Gasteiger partial charge on any atom is -0.482 e. The van der Waals surface area contributed by atoms with E-state index in [1.807, 2.05) is 0 Å². The molecular formula is C13H15N3O4. The van der Waals surface area contributed by atoms with Crippen LogP contribution >= 0.6 is 0 Å². The number of nitrogens with zero attached hydrogens (tertiary/aromatic N) is 1. The fourth-order valence-electron chi connectivity index (χ4n) is 1.58. The molecule has 20 heavy (non-hydrogen) atoms. The van der Waals surface area contributed by atoms with Gasteiger partial charge in [-0.2, -0.15) is 5.10 Å². The minimum absolute atomic E-state index is 0.123. The van der Waals surface area contributed by atoms with E-state index >= 15 is 0 Å². The lowest BCUT2D eigenvalue weighted by molar-refractivity contribution is -0.145. The van der Waals surface area contributed by atoms with Crippen LogP contribution in [0.3, 0.4) is 0 Å². The van der Waals surface area contributed by atoms with Crippen LogP contribution in [-0.4, -0.2) is 37.5 Å². The van der Waals surface area contributed by atoms with Crippen LogP contribution in [0, 0.1) is 0 Å². The number of hydrogen-bond acceptors (Lipinski definition) is 6. The molecule has 106 valence electrons. The van der Waals surface area contributed by atoms with Gasteiger partial charge in [-0.15, -0.1) is 0 Å². The predicted octanol–water partition coefficient (Wildman–Crippen LogP) is 0.00950. The number of carbonyl (C=O) groups is 2. The molecule has 0 spiro atoms. The first-order chi connectivity index (χ1) is 9.69. The maximum Gasteiger partial charge on any atom is 0.344 e. The Balaban J connectivity index is 1.93. The Kier molecular flexibility index (Phi) is 4.54. The van der Waals surface area contributed by atoms with Gasteiger partial charge in [-0.3, -0.25) is 4.79 Å². The van der Waals surface area contributed by atoms with Crippen molar-refractivity contribution in [1.29, 1.82) is 0 Å². The Hall–Kier alpha value is -2.57. The summed E-state index contributed by atoms with van der Waals surface area (Å²) < 4.78 is 10.0. The van der Waals surface area contributed by atoms with Crippen molar-refractivity contribution in [3.05, 3.63) is 29.8 Å². The van der Waals surface area contributed by atoms with Gasteiger partial charge in [0.25, 0.3) is 5.91 Å². The molecule has 7 nitrogen and oxygen atoms in total. The van der Waals surface area contributed by atoms with Gasteiger partial charge in [-0.1, -0.05) is 0 Å². The van der Waals surface area contributed by atoms with E-state index < -0.39 is 5.97 Å². The van der Waals surface area contributed by atoms with E-state index in [-0.39, 0.29) is 19.1 Å². The van der Waals surface area contributed by atoms with Gasteiger partial charge in [-0.05, 0) is 31.2 Å². The molecule has 1 amide bonds. The van der Waals surface area contributed by atoms with E-state index in [1.165, 1.54) is 0 Å². The molecule has 1 heterocycles. The molecule has 0 radical (unpaired) electrons. The summed E-state index contributed by atoms with van der Waals surface area (Å²) in [6.45, 7) is 2.14. The summed E-state index contributed by atoms with van der Waals surface area (Å²) >= 11 is 0. The molecular weight excluding hydrogens is 262 g/mol. The SMILES string of the molecule is CCOC(=O)COc1ccc(C2=NNC(=O)CN2)cc1. The number of carbonyl (C=O) groups excluding carboxylic acids is 2. The van der Waals surface area contributed by atoms with Crippen LogP contribution in [0.25, 0.3) is 0 Å². The summed E-state index contributed by atoms with van der Waals surface area (Å²) in [7, 11) is 0. The lowest BCUT2D eigenvalue weighted by Gasteiger charge is -2.14. The van der Waals surface area contributed by atoms with Crippen molar-refractivity contribution in [3.8, 4) is 5.75 Å². The molecule has 0 saturated heterocycles. The predicted molar refractivity (Wildman–Crippen MR) is 71.3 cm³/mol. The van der Waals surface area contributed by atoms with Crippen molar-refractivity contribution >= 4 is 17.7 Å².